The summed E-state index contributed by atoms with van der Waals surface area (Å²) >= 11 is 0. The summed E-state index contributed by atoms with van der Waals surface area (Å²) in [6.45, 7) is 4.38. The smallest absolute Gasteiger partial charge is 0.328 e. The van der Waals surface area contributed by atoms with Crippen LogP contribution in [-0.2, 0) is 24.9 Å². The van der Waals surface area contributed by atoms with Gasteiger partial charge in [-0.3, -0.25) is 13.9 Å². The second-order valence-corrected chi connectivity index (χ2v) is 5.58. The SMILES string of the molecule is CCCn1c(=O)n(CCCCC(C)=O)c(=O)c2c1ncn2C. The third-order valence-electron chi connectivity index (χ3n) is 3.69. The summed E-state index contributed by atoms with van der Waals surface area (Å²) in [4.78, 5) is 40.2. The number of rotatable bonds is 7. The predicted molar refractivity (Wildman–Crippen MR) is 84.1 cm³/mol. The lowest BCUT2D eigenvalue weighted by Crippen LogP contribution is -2.40. The van der Waals surface area contributed by atoms with Crippen LogP contribution >= 0.6 is 0 Å². The highest BCUT2D eigenvalue weighted by Crippen LogP contribution is 2.06. The molecule has 0 fully saturated rings. The van der Waals surface area contributed by atoms with Crippen molar-refractivity contribution in [3.05, 3.63) is 27.2 Å². The number of hydrogen-bond donors (Lipinski definition) is 0. The average molecular weight is 306 g/mol. The molecular weight excluding hydrogens is 284 g/mol. The van der Waals surface area contributed by atoms with Crippen molar-refractivity contribution in [1.82, 2.24) is 18.7 Å². The summed E-state index contributed by atoms with van der Waals surface area (Å²) in [5.74, 6) is 0.123. The first kappa shape index (κ1) is 16.2. The van der Waals surface area contributed by atoms with E-state index in [1.165, 1.54) is 4.57 Å². The van der Waals surface area contributed by atoms with E-state index in [9.17, 15) is 14.4 Å². The topological polar surface area (TPSA) is 78.9 Å². The zero-order chi connectivity index (χ0) is 16.3. The van der Waals surface area contributed by atoms with Crippen molar-refractivity contribution in [1.29, 1.82) is 0 Å². The third-order valence-corrected chi connectivity index (χ3v) is 3.69. The molecule has 0 saturated carbocycles. The second kappa shape index (κ2) is 6.72. The number of carbonyl (C=O) groups excluding carboxylic acids is 1. The fourth-order valence-corrected chi connectivity index (χ4v) is 2.58. The van der Waals surface area contributed by atoms with Crippen molar-refractivity contribution < 1.29 is 4.79 Å². The van der Waals surface area contributed by atoms with Crippen molar-refractivity contribution in [2.24, 2.45) is 7.05 Å². The van der Waals surface area contributed by atoms with Crippen LogP contribution in [0.2, 0.25) is 0 Å². The van der Waals surface area contributed by atoms with Crippen LogP contribution in [0.1, 0.15) is 39.5 Å². The number of carbonyl (C=O) groups is 1. The lowest BCUT2D eigenvalue weighted by atomic mass is 10.2. The summed E-state index contributed by atoms with van der Waals surface area (Å²) in [5.41, 5.74) is 0.259. The van der Waals surface area contributed by atoms with Gasteiger partial charge in [0.05, 0.1) is 6.33 Å². The summed E-state index contributed by atoms with van der Waals surface area (Å²) < 4.78 is 4.47. The maximum Gasteiger partial charge on any atom is 0.332 e. The molecule has 7 nitrogen and oxygen atoms in total. The Morgan fingerprint density at radius 3 is 2.55 bits per heavy atom. The van der Waals surface area contributed by atoms with Crippen LogP contribution < -0.4 is 11.2 Å². The number of unbranched alkanes of at least 4 members (excludes halogenated alkanes) is 1. The highest BCUT2D eigenvalue weighted by atomic mass is 16.2. The van der Waals surface area contributed by atoms with Crippen molar-refractivity contribution in [3.8, 4) is 0 Å². The number of Topliss-reactive ketones (excluding diaryl/α,β-unsaturated/α-hetero) is 1. The molecule has 2 rings (SSSR count). The Morgan fingerprint density at radius 2 is 1.91 bits per heavy atom. The van der Waals surface area contributed by atoms with Gasteiger partial charge in [0.2, 0.25) is 0 Å². The second-order valence-electron chi connectivity index (χ2n) is 5.58. The summed E-state index contributed by atoms with van der Waals surface area (Å²) in [6, 6.07) is 0. The zero-order valence-corrected chi connectivity index (χ0v) is 13.3. The Hall–Kier alpha value is -2.18. The fraction of sp³-hybridized carbons (Fsp3) is 0.600. The normalized spacial score (nSPS) is 11.2. The fourth-order valence-electron chi connectivity index (χ4n) is 2.58. The number of ketones is 1. The van der Waals surface area contributed by atoms with Gasteiger partial charge in [-0.25, -0.2) is 9.78 Å². The van der Waals surface area contributed by atoms with Crippen LogP contribution in [-0.4, -0.2) is 24.5 Å². The van der Waals surface area contributed by atoms with E-state index in [0.717, 1.165) is 6.42 Å². The molecule has 0 unspecified atom stereocenters. The Morgan fingerprint density at radius 1 is 1.18 bits per heavy atom. The van der Waals surface area contributed by atoms with Crippen LogP contribution in [0.25, 0.3) is 11.2 Å². The van der Waals surface area contributed by atoms with E-state index in [2.05, 4.69) is 4.98 Å². The first-order chi connectivity index (χ1) is 10.5. The first-order valence-electron chi connectivity index (χ1n) is 7.61. The number of aromatic nitrogens is 4. The maximum absolute atomic E-state index is 12.5. The monoisotopic (exact) mass is 306 g/mol. The Labute approximate surface area is 128 Å². The van der Waals surface area contributed by atoms with Gasteiger partial charge in [-0.2, -0.15) is 0 Å². The molecule has 0 aromatic carbocycles. The van der Waals surface area contributed by atoms with Gasteiger partial charge in [0.25, 0.3) is 5.56 Å². The molecule has 2 aromatic rings. The van der Waals surface area contributed by atoms with Gasteiger partial charge in [-0.1, -0.05) is 6.92 Å². The number of fused-ring (bicyclic) bond motifs is 1. The quantitative estimate of drug-likeness (QED) is 0.717. The Balaban J connectivity index is 2.44. The minimum atomic E-state index is -0.319. The summed E-state index contributed by atoms with van der Waals surface area (Å²) in [7, 11) is 1.75. The molecule has 0 amide bonds. The molecule has 0 spiro atoms. The molecule has 120 valence electrons. The standard InChI is InChI=1S/C15H22N4O3/c1-4-8-18-13-12(17(3)10-16-13)14(21)19(15(18)22)9-6-5-7-11(2)20/h10H,4-9H2,1-3H3. The van der Waals surface area contributed by atoms with Crippen molar-refractivity contribution >= 4 is 16.9 Å². The summed E-state index contributed by atoms with van der Waals surface area (Å²) in [5, 5.41) is 0. The highest BCUT2D eigenvalue weighted by Gasteiger charge is 2.16. The molecule has 7 heteroatoms. The molecule has 0 bridgehead atoms. The maximum atomic E-state index is 12.5. The minimum Gasteiger partial charge on any atom is -0.328 e. The van der Waals surface area contributed by atoms with E-state index in [1.54, 1.807) is 29.4 Å². The van der Waals surface area contributed by atoms with E-state index in [0.29, 0.717) is 43.5 Å². The number of hydrogen-bond acceptors (Lipinski definition) is 4. The number of aryl methyl sites for hydroxylation is 2. The number of nitrogens with zero attached hydrogens (tertiary/aromatic N) is 4. The minimum absolute atomic E-state index is 0.123. The Bertz CT molecular complexity index is 797. The molecule has 0 saturated heterocycles. The molecule has 0 aliphatic heterocycles. The molecule has 0 aliphatic carbocycles. The van der Waals surface area contributed by atoms with Crippen LogP contribution in [0.4, 0.5) is 0 Å². The van der Waals surface area contributed by atoms with E-state index >= 15 is 0 Å². The van der Waals surface area contributed by atoms with Gasteiger partial charge >= 0.3 is 5.69 Å². The molecule has 0 atom stereocenters. The van der Waals surface area contributed by atoms with Gasteiger partial charge in [-0.15, -0.1) is 0 Å². The molecule has 22 heavy (non-hydrogen) atoms. The largest absolute Gasteiger partial charge is 0.332 e. The predicted octanol–water partition coefficient (Wildman–Crippen LogP) is 1.07. The van der Waals surface area contributed by atoms with Crippen molar-refractivity contribution in [2.75, 3.05) is 0 Å². The van der Waals surface area contributed by atoms with E-state index < -0.39 is 0 Å². The van der Waals surface area contributed by atoms with Gasteiger partial charge < -0.3 is 9.36 Å². The molecule has 0 N–H and O–H groups in total. The van der Waals surface area contributed by atoms with E-state index in [4.69, 9.17) is 0 Å². The Kier molecular flexibility index (Phi) is 4.95. The van der Waals surface area contributed by atoms with E-state index in [1.807, 2.05) is 6.92 Å². The van der Waals surface area contributed by atoms with Gasteiger partial charge in [0.1, 0.15) is 5.78 Å². The molecule has 0 aliphatic rings. The lowest BCUT2D eigenvalue weighted by Gasteiger charge is -2.11. The number of imidazole rings is 1. The molecule has 0 radical (unpaired) electrons. The lowest BCUT2D eigenvalue weighted by molar-refractivity contribution is -0.117. The van der Waals surface area contributed by atoms with Gasteiger partial charge in [0.15, 0.2) is 11.2 Å². The zero-order valence-electron chi connectivity index (χ0n) is 13.3. The van der Waals surface area contributed by atoms with Crippen molar-refractivity contribution in [2.45, 2.75) is 52.6 Å². The molecule has 2 aromatic heterocycles. The van der Waals surface area contributed by atoms with Gasteiger partial charge in [0, 0.05) is 26.6 Å². The molecule has 2 heterocycles. The van der Waals surface area contributed by atoms with E-state index in [-0.39, 0.29) is 17.0 Å². The van der Waals surface area contributed by atoms with Crippen LogP contribution in [0, 0.1) is 0 Å². The first-order valence-corrected chi connectivity index (χ1v) is 7.61. The van der Waals surface area contributed by atoms with Gasteiger partial charge in [-0.05, 0) is 26.2 Å². The van der Waals surface area contributed by atoms with Crippen LogP contribution in [0.15, 0.2) is 15.9 Å². The third kappa shape index (κ3) is 3.03. The molecular formula is C15H22N4O3. The van der Waals surface area contributed by atoms with Crippen LogP contribution in [0.3, 0.4) is 0 Å². The average Bonchev–Trinajstić information content (AvgIpc) is 2.84. The van der Waals surface area contributed by atoms with Crippen molar-refractivity contribution in [3.63, 3.8) is 0 Å². The summed E-state index contributed by atoms with van der Waals surface area (Å²) in [6.07, 6.45) is 4.13. The van der Waals surface area contributed by atoms with Crippen LogP contribution in [0.5, 0.6) is 0 Å². The highest BCUT2D eigenvalue weighted by molar-refractivity contribution is 5.75.